The predicted molar refractivity (Wildman–Crippen MR) is 82.1 cm³/mol. The average molecular weight is 278 g/mol. The van der Waals surface area contributed by atoms with Crippen molar-refractivity contribution in [1.82, 2.24) is 14.1 Å². The first-order valence-corrected chi connectivity index (χ1v) is 10.1. The lowest BCUT2D eigenvalue weighted by atomic mass is 10.0. The van der Waals surface area contributed by atoms with Crippen molar-refractivity contribution in [2.45, 2.75) is 18.9 Å². The second-order valence-corrected chi connectivity index (χ2v) is 11.4. The Labute approximate surface area is 113 Å². The Hall–Kier alpha value is 0.580. The third-order valence-electron chi connectivity index (χ3n) is 4.11. The first-order chi connectivity index (χ1) is 7.97. The topological polar surface area (TPSA) is 9.72 Å². The Morgan fingerprint density at radius 1 is 0.941 bits per heavy atom. The second kappa shape index (κ2) is 5.70. The van der Waals surface area contributed by atoms with Gasteiger partial charge in [0.05, 0.1) is 0 Å². The van der Waals surface area contributed by atoms with Crippen LogP contribution in [0.15, 0.2) is 0 Å². The van der Waals surface area contributed by atoms with Crippen LogP contribution in [0.25, 0.3) is 0 Å². The molecule has 2 aliphatic rings. The van der Waals surface area contributed by atoms with Crippen LogP contribution in [0, 0.1) is 0 Å². The van der Waals surface area contributed by atoms with Crippen LogP contribution in [-0.2, 0) is 0 Å². The third-order valence-corrected chi connectivity index (χ3v) is 6.43. The molecule has 0 atom stereocenters. The van der Waals surface area contributed by atoms with E-state index >= 15 is 0 Å². The van der Waals surface area contributed by atoms with Crippen molar-refractivity contribution < 1.29 is 0 Å². The van der Waals surface area contributed by atoms with Crippen LogP contribution in [0.4, 0.5) is 0 Å². The van der Waals surface area contributed by atoms with Crippen molar-refractivity contribution in [3.8, 4) is 0 Å². The highest BCUT2D eigenvalue weighted by molar-refractivity contribution is 8.86. The standard InChI is InChI=1S/C12H27N3S2/c1-13-8-10-14(11-9-13)12-4-6-15(7-5-12)17(2,3)16/h12,16H,4-11H2,1-3H3. The van der Waals surface area contributed by atoms with Crippen LogP contribution in [0.2, 0.25) is 0 Å². The van der Waals surface area contributed by atoms with Crippen LogP contribution < -0.4 is 0 Å². The molecule has 0 saturated carbocycles. The van der Waals surface area contributed by atoms with Gasteiger partial charge in [-0.2, -0.15) is 0 Å². The van der Waals surface area contributed by atoms with Crippen molar-refractivity contribution in [3.05, 3.63) is 0 Å². The first kappa shape index (κ1) is 14.0. The minimum Gasteiger partial charge on any atom is -0.304 e. The largest absolute Gasteiger partial charge is 0.304 e. The molecule has 102 valence electrons. The number of piperazine rings is 1. The molecule has 17 heavy (non-hydrogen) atoms. The molecule has 0 radical (unpaired) electrons. The number of hydrogen-bond acceptors (Lipinski definition) is 4. The van der Waals surface area contributed by atoms with E-state index in [9.17, 15) is 0 Å². The van der Waals surface area contributed by atoms with Crippen LogP contribution >= 0.6 is 20.9 Å². The molecule has 0 aromatic heterocycles. The summed E-state index contributed by atoms with van der Waals surface area (Å²) in [6, 6.07) is 0.829. The average Bonchev–Trinajstić information content (AvgIpc) is 2.29. The summed E-state index contributed by atoms with van der Waals surface area (Å²) in [5.41, 5.74) is 0. The van der Waals surface area contributed by atoms with Crippen molar-refractivity contribution in [1.29, 1.82) is 0 Å². The van der Waals surface area contributed by atoms with Gasteiger partial charge in [-0.25, -0.2) is 0 Å². The van der Waals surface area contributed by atoms with E-state index in [1.807, 2.05) is 0 Å². The molecule has 0 unspecified atom stereocenters. The zero-order valence-electron chi connectivity index (χ0n) is 11.4. The van der Waals surface area contributed by atoms with Gasteiger partial charge in [-0.15, -0.1) is 20.9 Å². The number of likely N-dealkylation sites (N-methyl/N-ethyl adjacent to an activating group) is 1. The molecule has 0 spiro atoms. The molecule has 0 amide bonds. The number of hydrogen-bond donors (Lipinski definition) is 1. The second-order valence-electron chi connectivity index (χ2n) is 5.72. The number of thiol groups is 1. The zero-order valence-corrected chi connectivity index (χ0v) is 13.1. The van der Waals surface area contributed by atoms with Crippen LogP contribution in [0.3, 0.4) is 0 Å². The summed E-state index contributed by atoms with van der Waals surface area (Å²) in [5, 5.41) is 0. The Balaban J connectivity index is 1.79. The van der Waals surface area contributed by atoms with Gasteiger partial charge in [0.2, 0.25) is 0 Å². The van der Waals surface area contributed by atoms with E-state index in [-0.39, 0.29) is 0 Å². The van der Waals surface area contributed by atoms with Gasteiger partial charge in [0.25, 0.3) is 0 Å². The Morgan fingerprint density at radius 3 is 1.94 bits per heavy atom. The predicted octanol–water partition coefficient (Wildman–Crippen LogP) is 1.52. The third kappa shape index (κ3) is 3.77. The van der Waals surface area contributed by atoms with Crippen LogP contribution in [0.5, 0.6) is 0 Å². The molecule has 0 aromatic rings. The van der Waals surface area contributed by atoms with Gasteiger partial charge in [-0.05, 0) is 32.4 Å². The molecule has 3 nitrogen and oxygen atoms in total. The maximum atomic E-state index is 4.76. The van der Waals surface area contributed by atoms with Gasteiger partial charge in [-0.3, -0.25) is 9.21 Å². The van der Waals surface area contributed by atoms with Gasteiger partial charge in [0, 0.05) is 45.3 Å². The molecular weight excluding hydrogens is 250 g/mol. The molecule has 2 heterocycles. The summed E-state index contributed by atoms with van der Waals surface area (Å²) in [4.78, 5) is 5.14. The zero-order chi connectivity index (χ0) is 12.5. The Kier molecular flexibility index (Phi) is 4.69. The molecule has 2 aliphatic heterocycles. The number of piperidine rings is 1. The minimum absolute atomic E-state index is 0.788. The smallest absolute Gasteiger partial charge is 0.0121 e. The highest BCUT2D eigenvalue weighted by Gasteiger charge is 2.29. The summed E-state index contributed by atoms with van der Waals surface area (Å²) >= 11 is 4.76. The van der Waals surface area contributed by atoms with E-state index in [0.717, 1.165) is 6.04 Å². The molecule has 2 fully saturated rings. The highest BCUT2D eigenvalue weighted by atomic mass is 33.1. The van der Waals surface area contributed by atoms with Gasteiger partial charge >= 0.3 is 0 Å². The van der Waals surface area contributed by atoms with E-state index in [1.54, 1.807) is 0 Å². The maximum absolute atomic E-state index is 4.76. The lowest BCUT2D eigenvalue weighted by Crippen LogP contribution is -2.52. The molecular formula is C12H27N3S2. The first-order valence-electron chi connectivity index (χ1n) is 6.60. The quantitative estimate of drug-likeness (QED) is 0.606. The van der Waals surface area contributed by atoms with E-state index in [1.165, 1.54) is 52.1 Å². The monoisotopic (exact) mass is 277 g/mol. The SMILES string of the molecule is CN1CCN(C2CCN(S(C)(C)S)CC2)CC1. The summed E-state index contributed by atoms with van der Waals surface area (Å²) in [6.45, 7) is 7.48. The van der Waals surface area contributed by atoms with E-state index < -0.39 is 9.25 Å². The fourth-order valence-corrected chi connectivity index (χ4v) is 4.44. The molecule has 2 rings (SSSR count). The summed E-state index contributed by atoms with van der Waals surface area (Å²) < 4.78 is 2.59. The van der Waals surface area contributed by atoms with Gasteiger partial charge in [-0.1, -0.05) is 0 Å². The molecule has 2 saturated heterocycles. The summed E-state index contributed by atoms with van der Waals surface area (Å²) in [5.74, 6) is 0. The number of nitrogens with zero attached hydrogens (tertiary/aromatic N) is 3. The van der Waals surface area contributed by atoms with E-state index in [0.29, 0.717) is 0 Å². The van der Waals surface area contributed by atoms with E-state index in [2.05, 4.69) is 33.7 Å². The molecule has 5 heteroatoms. The highest BCUT2D eigenvalue weighted by Crippen LogP contribution is 2.49. The summed E-state index contributed by atoms with van der Waals surface area (Å²) in [6.07, 6.45) is 7.24. The lowest BCUT2D eigenvalue weighted by molar-refractivity contribution is 0.0848. The minimum atomic E-state index is -0.788. The fraction of sp³-hybridized carbons (Fsp3) is 1.00. The fourth-order valence-electron chi connectivity index (χ4n) is 2.84. The maximum Gasteiger partial charge on any atom is 0.0121 e. The Morgan fingerprint density at radius 2 is 1.47 bits per heavy atom. The van der Waals surface area contributed by atoms with Crippen molar-refractivity contribution in [2.75, 3.05) is 58.8 Å². The van der Waals surface area contributed by atoms with Gasteiger partial charge in [0.1, 0.15) is 0 Å². The van der Waals surface area contributed by atoms with Crippen LogP contribution in [0.1, 0.15) is 12.8 Å². The lowest BCUT2D eigenvalue weighted by Gasteiger charge is -2.46. The molecule has 0 aromatic carbocycles. The Bertz CT molecular complexity index is 239. The van der Waals surface area contributed by atoms with Crippen molar-refractivity contribution in [3.63, 3.8) is 0 Å². The van der Waals surface area contributed by atoms with Crippen LogP contribution in [-0.4, -0.2) is 79.0 Å². The van der Waals surface area contributed by atoms with E-state index in [4.69, 9.17) is 11.7 Å². The van der Waals surface area contributed by atoms with Gasteiger partial charge in [0.15, 0.2) is 0 Å². The molecule has 0 N–H and O–H groups in total. The number of rotatable bonds is 2. The molecule has 0 bridgehead atoms. The summed E-state index contributed by atoms with van der Waals surface area (Å²) in [7, 11) is 1.44. The van der Waals surface area contributed by atoms with Crippen molar-refractivity contribution >= 4 is 20.9 Å². The molecule has 0 aliphatic carbocycles. The normalized spacial score (nSPS) is 28.5. The van der Waals surface area contributed by atoms with Crippen molar-refractivity contribution in [2.24, 2.45) is 0 Å². The van der Waals surface area contributed by atoms with Gasteiger partial charge < -0.3 is 4.90 Å².